The quantitative estimate of drug-likeness (QED) is 0.661. The number of carbonyl (C=O) groups is 1. The Morgan fingerprint density at radius 3 is 2.75 bits per heavy atom. The Kier molecular flexibility index (Phi) is 3.99. The molecule has 2 bridgehead atoms. The Labute approximate surface area is 128 Å². The van der Waals surface area contributed by atoms with Crippen molar-refractivity contribution < 1.29 is 4.79 Å². The summed E-state index contributed by atoms with van der Waals surface area (Å²) in [4.78, 5) is 11.9. The lowest BCUT2D eigenvalue weighted by molar-refractivity contribution is 0.0955. The molecule has 0 aliphatic heterocycles. The molecule has 2 fully saturated rings. The molecule has 0 spiro atoms. The van der Waals surface area contributed by atoms with Crippen molar-refractivity contribution in [3.63, 3.8) is 0 Å². The van der Waals surface area contributed by atoms with Crippen LogP contribution >= 0.6 is 23.2 Å². The molecule has 2 saturated carbocycles. The van der Waals surface area contributed by atoms with Gasteiger partial charge in [0, 0.05) is 11.8 Å². The molecule has 20 heavy (non-hydrogen) atoms. The summed E-state index contributed by atoms with van der Waals surface area (Å²) in [5.41, 5.74) is 3.02. The minimum absolute atomic E-state index is 0.261. The van der Waals surface area contributed by atoms with E-state index in [0.29, 0.717) is 21.5 Å². The second-order valence-corrected chi connectivity index (χ2v) is 6.50. The van der Waals surface area contributed by atoms with Gasteiger partial charge in [-0.25, -0.2) is 5.43 Å². The minimum Gasteiger partial charge on any atom is -0.267 e. The molecule has 1 N–H and O–H groups in total. The molecule has 3 unspecified atom stereocenters. The van der Waals surface area contributed by atoms with Gasteiger partial charge in [-0.2, -0.15) is 5.10 Å². The summed E-state index contributed by atoms with van der Waals surface area (Å²) < 4.78 is 0. The number of carbonyl (C=O) groups excluding carboxylic acids is 1. The largest absolute Gasteiger partial charge is 0.271 e. The molecular formula is C15H16Cl2N2O. The Morgan fingerprint density at radius 1 is 1.25 bits per heavy atom. The van der Waals surface area contributed by atoms with Crippen LogP contribution in [0.1, 0.15) is 36.0 Å². The topological polar surface area (TPSA) is 41.5 Å². The van der Waals surface area contributed by atoms with Crippen molar-refractivity contribution in [1.82, 2.24) is 5.43 Å². The molecule has 0 aromatic heterocycles. The number of rotatable bonds is 3. The zero-order valence-electron chi connectivity index (χ0n) is 11.0. The maximum atomic E-state index is 11.9. The molecule has 3 rings (SSSR count). The predicted octanol–water partition coefficient (Wildman–Crippen LogP) is 4.15. The van der Waals surface area contributed by atoms with Crippen LogP contribution < -0.4 is 5.43 Å². The molecular weight excluding hydrogens is 295 g/mol. The van der Waals surface area contributed by atoms with Crippen molar-refractivity contribution >= 4 is 35.3 Å². The fourth-order valence-corrected chi connectivity index (χ4v) is 3.67. The van der Waals surface area contributed by atoms with Crippen molar-refractivity contribution in [1.29, 1.82) is 0 Å². The lowest BCUT2D eigenvalue weighted by atomic mass is 9.90. The first-order chi connectivity index (χ1) is 9.63. The van der Waals surface area contributed by atoms with E-state index in [4.69, 9.17) is 23.2 Å². The van der Waals surface area contributed by atoms with Crippen LogP contribution in [0.5, 0.6) is 0 Å². The van der Waals surface area contributed by atoms with Gasteiger partial charge in [-0.05, 0) is 55.2 Å². The van der Waals surface area contributed by atoms with Gasteiger partial charge in [0.25, 0.3) is 5.91 Å². The van der Waals surface area contributed by atoms with Crippen LogP contribution in [-0.4, -0.2) is 12.1 Å². The molecule has 3 atom stereocenters. The van der Waals surface area contributed by atoms with Crippen LogP contribution in [0.4, 0.5) is 0 Å². The first kappa shape index (κ1) is 13.9. The molecule has 2 aliphatic carbocycles. The van der Waals surface area contributed by atoms with Crippen molar-refractivity contribution in [3.8, 4) is 0 Å². The third-order valence-corrected chi connectivity index (χ3v) is 5.15. The molecule has 2 aliphatic rings. The Balaban J connectivity index is 1.57. The number of hydrogen-bond donors (Lipinski definition) is 1. The number of benzene rings is 1. The van der Waals surface area contributed by atoms with Crippen molar-refractivity contribution in [3.05, 3.63) is 33.8 Å². The molecule has 3 nitrogen and oxygen atoms in total. The van der Waals surface area contributed by atoms with Gasteiger partial charge in [0.2, 0.25) is 0 Å². The normalized spacial score (nSPS) is 28.2. The van der Waals surface area contributed by atoms with E-state index < -0.39 is 0 Å². The number of fused-ring (bicyclic) bond motifs is 2. The maximum absolute atomic E-state index is 11.9. The highest BCUT2D eigenvalue weighted by Gasteiger charge is 2.38. The number of amides is 1. The van der Waals surface area contributed by atoms with Gasteiger partial charge < -0.3 is 0 Å². The zero-order chi connectivity index (χ0) is 14.1. The summed E-state index contributed by atoms with van der Waals surface area (Å²) in [6.45, 7) is 0. The van der Waals surface area contributed by atoms with Gasteiger partial charge in [-0.1, -0.05) is 29.6 Å². The summed E-state index contributed by atoms with van der Waals surface area (Å²) in [7, 11) is 0. The van der Waals surface area contributed by atoms with Crippen LogP contribution in [0, 0.1) is 17.8 Å². The Morgan fingerprint density at radius 2 is 2.10 bits per heavy atom. The molecule has 1 aromatic carbocycles. The van der Waals surface area contributed by atoms with Crippen molar-refractivity contribution in [2.45, 2.75) is 25.7 Å². The lowest BCUT2D eigenvalue weighted by Crippen LogP contribution is -2.20. The van der Waals surface area contributed by atoms with Crippen LogP contribution in [0.3, 0.4) is 0 Å². The number of nitrogens with one attached hydrogen (secondary N) is 1. The molecule has 106 valence electrons. The molecule has 0 saturated heterocycles. The third-order valence-electron chi connectivity index (χ3n) is 4.41. The third kappa shape index (κ3) is 2.84. The summed E-state index contributed by atoms with van der Waals surface area (Å²) in [5, 5.41) is 4.91. The summed E-state index contributed by atoms with van der Waals surface area (Å²) in [6, 6.07) is 4.79. The highest BCUT2D eigenvalue weighted by Crippen LogP contribution is 2.47. The molecule has 5 heteroatoms. The zero-order valence-corrected chi connectivity index (χ0v) is 12.5. The second-order valence-electron chi connectivity index (χ2n) is 5.69. The summed E-state index contributed by atoms with van der Waals surface area (Å²) in [6.07, 6.45) is 7.13. The van der Waals surface area contributed by atoms with E-state index in [0.717, 1.165) is 11.8 Å². The van der Waals surface area contributed by atoms with Gasteiger partial charge in [-0.3, -0.25) is 4.79 Å². The summed E-state index contributed by atoms with van der Waals surface area (Å²) in [5.74, 6) is 1.92. The SMILES string of the molecule is O=C(NN=CC1CC2CCC1C2)c1ccc(Cl)c(Cl)c1. The molecule has 0 radical (unpaired) electrons. The number of nitrogens with zero attached hydrogens (tertiary/aromatic N) is 1. The van der Waals surface area contributed by atoms with Crippen molar-refractivity contribution in [2.24, 2.45) is 22.9 Å². The fraction of sp³-hybridized carbons (Fsp3) is 0.467. The molecule has 1 aromatic rings. The first-order valence-corrected chi connectivity index (χ1v) is 7.67. The Bertz CT molecular complexity index is 559. The van der Waals surface area contributed by atoms with E-state index in [1.807, 2.05) is 6.21 Å². The number of hydrogen-bond acceptors (Lipinski definition) is 2. The summed E-state index contributed by atoms with van der Waals surface area (Å²) >= 11 is 11.7. The van der Waals surface area contributed by atoms with E-state index in [2.05, 4.69) is 10.5 Å². The highest BCUT2D eigenvalue weighted by atomic mass is 35.5. The highest BCUT2D eigenvalue weighted by molar-refractivity contribution is 6.42. The van der Waals surface area contributed by atoms with E-state index in [9.17, 15) is 4.79 Å². The average Bonchev–Trinajstić information content (AvgIpc) is 3.04. The lowest BCUT2D eigenvalue weighted by Gasteiger charge is -2.16. The minimum atomic E-state index is -0.261. The smallest absolute Gasteiger partial charge is 0.267 e. The monoisotopic (exact) mass is 310 g/mol. The van der Waals surface area contributed by atoms with Crippen LogP contribution in [-0.2, 0) is 0 Å². The number of halogens is 2. The van der Waals surface area contributed by atoms with E-state index in [1.165, 1.54) is 25.7 Å². The standard InChI is InChI=1S/C15H16Cl2N2O/c16-13-4-3-11(7-14(13)17)15(20)19-18-8-12-6-9-1-2-10(12)5-9/h3-4,7-10,12H,1-2,5-6H2,(H,19,20). The van der Waals surface area contributed by atoms with Gasteiger partial charge in [0.15, 0.2) is 0 Å². The Hall–Kier alpha value is -1.06. The first-order valence-electron chi connectivity index (χ1n) is 6.92. The van der Waals surface area contributed by atoms with Gasteiger partial charge in [0.05, 0.1) is 10.0 Å². The van der Waals surface area contributed by atoms with Gasteiger partial charge in [-0.15, -0.1) is 0 Å². The van der Waals surface area contributed by atoms with Gasteiger partial charge >= 0.3 is 0 Å². The second kappa shape index (κ2) is 5.74. The van der Waals surface area contributed by atoms with Crippen LogP contribution in [0.25, 0.3) is 0 Å². The average molecular weight is 311 g/mol. The van der Waals surface area contributed by atoms with Crippen LogP contribution in [0.2, 0.25) is 10.0 Å². The molecule has 0 heterocycles. The van der Waals surface area contributed by atoms with E-state index >= 15 is 0 Å². The fourth-order valence-electron chi connectivity index (χ4n) is 3.37. The number of hydrazone groups is 1. The predicted molar refractivity (Wildman–Crippen MR) is 81.4 cm³/mol. The molecule has 1 amide bonds. The maximum Gasteiger partial charge on any atom is 0.271 e. The van der Waals surface area contributed by atoms with E-state index in [-0.39, 0.29) is 5.91 Å². The van der Waals surface area contributed by atoms with Crippen molar-refractivity contribution in [2.75, 3.05) is 0 Å². The van der Waals surface area contributed by atoms with Crippen LogP contribution in [0.15, 0.2) is 23.3 Å². The van der Waals surface area contributed by atoms with E-state index in [1.54, 1.807) is 18.2 Å². The van der Waals surface area contributed by atoms with Gasteiger partial charge in [0.1, 0.15) is 0 Å².